The van der Waals surface area contributed by atoms with Crippen molar-refractivity contribution in [2.75, 3.05) is 6.61 Å². The molecule has 2 aromatic rings. The first-order valence-electron chi connectivity index (χ1n) is 6.46. The molecule has 0 bridgehead atoms. The van der Waals surface area contributed by atoms with E-state index in [1.54, 1.807) is 0 Å². The molecule has 0 spiro atoms. The average molecular weight is 280 g/mol. The maximum Gasteiger partial charge on any atom is 0.417 e. The van der Waals surface area contributed by atoms with Gasteiger partial charge in [-0.3, -0.25) is 0 Å². The average Bonchev–Trinajstić information content (AvgIpc) is 2.79. The number of hydrogen-bond donors (Lipinski definition) is 0. The summed E-state index contributed by atoms with van der Waals surface area (Å²) in [5.74, 6) is 0.995. The van der Waals surface area contributed by atoms with Crippen molar-refractivity contribution in [3.8, 4) is 0 Å². The van der Waals surface area contributed by atoms with Gasteiger partial charge in [0.05, 0.1) is 6.61 Å². The predicted octanol–water partition coefficient (Wildman–Crippen LogP) is 4.27. The molecular weight excluding hydrogens is 264 g/mol. The van der Waals surface area contributed by atoms with Gasteiger partial charge in [0.2, 0.25) is 0 Å². The molecule has 19 heavy (non-hydrogen) atoms. The van der Waals surface area contributed by atoms with Crippen molar-refractivity contribution in [1.29, 1.82) is 0 Å². The molecular formula is C15H16ClO3. The van der Waals surface area contributed by atoms with Crippen LogP contribution in [0, 0.1) is 0 Å². The van der Waals surface area contributed by atoms with Crippen molar-refractivity contribution in [2.24, 2.45) is 0 Å². The summed E-state index contributed by atoms with van der Waals surface area (Å²) in [5, 5.41) is 1.78. The van der Waals surface area contributed by atoms with Crippen LogP contribution >= 0.6 is 11.6 Å². The van der Waals surface area contributed by atoms with Gasteiger partial charge in [-0.05, 0) is 37.1 Å². The van der Waals surface area contributed by atoms with Crippen LogP contribution in [-0.2, 0) is 16.0 Å². The lowest BCUT2D eigenvalue weighted by Gasteiger charge is -1.99. The standard InChI is InChI=1S/C15H16ClO3/c16-13-6-7-15-12(9-13)10-14(19-15)5-3-1-2-4-8-18-11-17/h6-7,9-10H,1-5,8H2. The zero-order valence-electron chi connectivity index (χ0n) is 10.7. The van der Waals surface area contributed by atoms with E-state index in [-0.39, 0.29) is 0 Å². The quantitative estimate of drug-likeness (QED) is 0.677. The fourth-order valence-corrected chi connectivity index (χ4v) is 2.24. The molecule has 1 aromatic carbocycles. The van der Waals surface area contributed by atoms with Crippen LogP contribution in [0.4, 0.5) is 0 Å². The van der Waals surface area contributed by atoms with Crippen LogP contribution in [0.25, 0.3) is 11.0 Å². The van der Waals surface area contributed by atoms with Gasteiger partial charge in [0, 0.05) is 16.8 Å². The second-order valence-corrected chi connectivity index (χ2v) is 4.93. The Morgan fingerprint density at radius 2 is 2.00 bits per heavy atom. The van der Waals surface area contributed by atoms with Crippen molar-refractivity contribution in [3.63, 3.8) is 0 Å². The van der Waals surface area contributed by atoms with E-state index in [0.717, 1.165) is 53.9 Å². The number of aryl methyl sites for hydroxylation is 1. The van der Waals surface area contributed by atoms with Gasteiger partial charge in [-0.1, -0.05) is 24.4 Å². The lowest BCUT2D eigenvalue weighted by atomic mass is 10.1. The predicted molar refractivity (Wildman–Crippen MR) is 75.0 cm³/mol. The fraction of sp³-hybridized carbons (Fsp3) is 0.400. The normalized spacial score (nSPS) is 10.8. The monoisotopic (exact) mass is 279 g/mol. The van der Waals surface area contributed by atoms with Gasteiger partial charge < -0.3 is 9.15 Å². The molecule has 0 saturated heterocycles. The van der Waals surface area contributed by atoms with Crippen LogP contribution in [0.15, 0.2) is 28.7 Å². The van der Waals surface area contributed by atoms with Crippen LogP contribution < -0.4 is 0 Å². The van der Waals surface area contributed by atoms with Crippen LogP contribution in [0.2, 0.25) is 5.02 Å². The van der Waals surface area contributed by atoms with E-state index >= 15 is 0 Å². The minimum atomic E-state index is 0.465. The molecule has 0 aliphatic rings. The molecule has 2 rings (SSSR count). The van der Waals surface area contributed by atoms with Gasteiger partial charge in [0.1, 0.15) is 11.3 Å². The highest BCUT2D eigenvalue weighted by atomic mass is 35.5. The van der Waals surface area contributed by atoms with Crippen molar-refractivity contribution < 1.29 is 13.9 Å². The number of rotatable bonds is 8. The number of fused-ring (bicyclic) bond motifs is 1. The smallest absolute Gasteiger partial charge is 0.417 e. The first-order chi connectivity index (χ1) is 9.29. The Balaban J connectivity index is 1.74. The van der Waals surface area contributed by atoms with Gasteiger partial charge in [0.15, 0.2) is 0 Å². The molecule has 0 aliphatic heterocycles. The maximum atomic E-state index is 9.82. The Kier molecular flexibility index (Phi) is 5.28. The maximum absolute atomic E-state index is 9.82. The summed E-state index contributed by atoms with van der Waals surface area (Å²) in [6, 6.07) is 7.69. The van der Waals surface area contributed by atoms with E-state index in [1.807, 2.05) is 24.3 Å². The number of carbonyl (C=O) groups excluding carboxylic acids is 1. The van der Waals surface area contributed by atoms with E-state index in [1.165, 1.54) is 6.47 Å². The number of furan rings is 1. The summed E-state index contributed by atoms with van der Waals surface area (Å²) in [4.78, 5) is 9.82. The Hall–Kier alpha value is -1.48. The van der Waals surface area contributed by atoms with Crippen LogP contribution in [0.1, 0.15) is 31.4 Å². The second kappa shape index (κ2) is 7.19. The molecule has 1 radical (unpaired) electrons. The number of ether oxygens (including phenoxy) is 1. The Bertz CT molecular complexity index is 533. The molecule has 0 atom stereocenters. The fourth-order valence-electron chi connectivity index (χ4n) is 2.06. The lowest BCUT2D eigenvalue weighted by Crippen LogP contribution is -1.91. The van der Waals surface area contributed by atoms with Gasteiger partial charge in [0.25, 0.3) is 0 Å². The molecule has 0 N–H and O–H groups in total. The molecule has 101 valence electrons. The molecule has 4 heteroatoms. The summed E-state index contributed by atoms with van der Waals surface area (Å²) in [7, 11) is 0. The highest BCUT2D eigenvalue weighted by molar-refractivity contribution is 6.31. The first kappa shape index (κ1) is 13.9. The highest BCUT2D eigenvalue weighted by Crippen LogP contribution is 2.24. The molecule has 1 aromatic heterocycles. The molecule has 0 fully saturated rings. The molecule has 1 heterocycles. The summed E-state index contributed by atoms with van der Waals surface area (Å²) in [5.41, 5.74) is 0.884. The highest BCUT2D eigenvalue weighted by Gasteiger charge is 2.04. The summed E-state index contributed by atoms with van der Waals surface area (Å²) < 4.78 is 10.2. The van der Waals surface area contributed by atoms with E-state index in [0.29, 0.717) is 6.61 Å². The van der Waals surface area contributed by atoms with E-state index in [2.05, 4.69) is 4.74 Å². The molecule has 0 saturated carbocycles. The minimum absolute atomic E-state index is 0.465. The number of halogens is 1. The SMILES string of the molecule is O=[C]OCCCCCCc1cc2cc(Cl)ccc2o1. The molecule has 0 unspecified atom stereocenters. The first-order valence-corrected chi connectivity index (χ1v) is 6.84. The zero-order chi connectivity index (χ0) is 13.5. The number of unbranched alkanes of at least 4 members (excludes halogenated alkanes) is 3. The zero-order valence-corrected chi connectivity index (χ0v) is 11.4. The second-order valence-electron chi connectivity index (χ2n) is 4.49. The van der Waals surface area contributed by atoms with Crippen LogP contribution in [0.5, 0.6) is 0 Å². The molecule has 3 nitrogen and oxygen atoms in total. The summed E-state index contributed by atoms with van der Waals surface area (Å²) >= 11 is 5.93. The van der Waals surface area contributed by atoms with Crippen molar-refractivity contribution in [2.45, 2.75) is 32.1 Å². The number of benzene rings is 1. The van der Waals surface area contributed by atoms with Gasteiger partial charge in [-0.25, -0.2) is 4.79 Å². The topological polar surface area (TPSA) is 39.4 Å². The third-order valence-electron chi connectivity index (χ3n) is 3.01. The molecule has 0 aliphatic carbocycles. The van der Waals surface area contributed by atoms with Crippen molar-refractivity contribution >= 4 is 29.0 Å². The third kappa shape index (κ3) is 4.28. The Labute approximate surface area is 117 Å². The number of hydrogen-bond acceptors (Lipinski definition) is 3. The van der Waals surface area contributed by atoms with E-state index in [9.17, 15) is 4.79 Å². The van der Waals surface area contributed by atoms with Gasteiger partial charge >= 0.3 is 6.47 Å². The minimum Gasteiger partial charge on any atom is -0.461 e. The largest absolute Gasteiger partial charge is 0.461 e. The van der Waals surface area contributed by atoms with E-state index in [4.69, 9.17) is 16.0 Å². The Morgan fingerprint density at radius 1 is 1.16 bits per heavy atom. The van der Waals surface area contributed by atoms with Crippen LogP contribution in [-0.4, -0.2) is 13.1 Å². The van der Waals surface area contributed by atoms with Crippen molar-refractivity contribution in [1.82, 2.24) is 0 Å². The summed E-state index contributed by atoms with van der Waals surface area (Å²) in [6.07, 6.45) is 5.03. The lowest BCUT2D eigenvalue weighted by molar-refractivity contribution is 0.268. The third-order valence-corrected chi connectivity index (χ3v) is 3.24. The molecule has 0 amide bonds. The van der Waals surface area contributed by atoms with Gasteiger partial charge in [-0.15, -0.1) is 0 Å². The van der Waals surface area contributed by atoms with Crippen molar-refractivity contribution in [3.05, 3.63) is 35.0 Å². The van der Waals surface area contributed by atoms with Crippen LogP contribution in [0.3, 0.4) is 0 Å². The van der Waals surface area contributed by atoms with E-state index < -0.39 is 0 Å². The summed E-state index contributed by atoms with van der Waals surface area (Å²) in [6.45, 7) is 1.89. The Morgan fingerprint density at radius 3 is 2.84 bits per heavy atom. The van der Waals surface area contributed by atoms with Gasteiger partial charge in [-0.2, -0.15) is 0 Å².